The maximum Gasteiger partial charge on any atom is 0.420 e. The van der Waals surface area contributed by atoms with E-state index in [1.54, 1.807) is 25.1 Å². The van der Waals surface area contributed by atoms with Crippen LogP contribution in [-0.2, 0) is 16.1 Å². The molecule has 2 rings (SSSR count). The highest BCUT2D eigenvalue weighted by atomic mass is 35.5. The van der Waals surface area contributed by atoms with Crippen LogP contribution in [0.2, 0.25) is 5.02 Å². The lowest BCUT2D eigenvalue weighted by Gasteiger charge is -2.02. The number of esters is 1. The molecule has 5 nitrogen and oxygen atoms in total. The molecule has 0 unspecified atom stereocenters. The number of nitrogens with zero attached hydrogens (tertiary/aromatic N) is 1. The normalized spacial score (nSPS) is 10.7. The molecule has 6 heteroatoms. The van der Waals surface area contributed by atoms with Crippen molar-refractivity contribution in [2.45, 2.75) is 13.5 Å². The van der Waals surface area contributed by atoms with Gasteiger partial charge in [-0.15, -0.1) is 0 Å². The predicted molar refractivity (Wildman–Crippen MR) is 62.1 cm³/mol. The lowest BCUT2D eigenvalue weighted by Crippen LogP contribution is -2.21. The minimum absolute atomic E-state index is 0.181. The van der Waals surface area contributed by atoms with Crippen LogP contribution < -0.4 is 5.76 Å². The van der Waals surface area contributed by atoms with Crippen LogP contribution in [0, 0.1) is 0 Å². The monoisotopic (exact) mass is 255 g/mol. The first-order chi connectivity index (χ1) is 8.11. The highest BCUT2D eigenvalue weighted by Crippen LogP contribution is 2.18. The number of oxazole rings is 1. The molecule has 0 fully saturated rings. The predicted octanol–water partition coefficient (Wildman–Crippen LogP) is 1.81. The Balaban J connectivity index is 2.45. The molecule has 0 N–H and O–H groups in total. The fourth-order valence-electron chi connectivity index (χ4n) is 1.52. The molecule has 0 saturated carbocycles. The van der Waals surface area contributed by atoms with Gasteiger partial charge < -0.3 is 9.15 Å². The first-order valence-corrected chi connectivity index (χ1v) is 5.44. The van der Waals surface area contributed by atoms with Crippen LogP contribution in [0.15, 0.2) is 27.4 Å². The van der Waals surface area contributed by atoms with E-state index < -0.39 is 11.7 Å². The Morgan fingerprint density at radius 3 is 3.00 bits per heavy atom. The largest absolute Gasteiger partial charge is 0.465 e. The Kier molecular flexibility index (Phi) is 3.19. The fraction of sp³-hybridized carbons (Fsp3) is 0.273. The van der Waals surface area contributed by atoms with E-state index in [0.29, 0.717) is 16.1 Å². The van der Waals surface area contributed by atoms with Crippen LogP contribution in [0.25, 0.3) is 11.1 Å². The molecule has 0 aliphatic heterocycles. The van der Waals surface area contributed by atoms with Crippen LogP contribution in [0.3, 0.4) is 0 Å². The third-order valence-electron chi connectivity index (χ3n) is 2.22. The van der Waals surface area contributed by atoms with Crippen molar-refractivity contribution < 1.29 is 13.9 Å². The van der Waals surface area contributed by atoms with Crippen molar-refractivity contribution in [1.82, 2.24) is 4.57 Å². The molecule has 1 aromatic carbocycles. The summed E-state index contributed by atoms with van der Waals surface area (Å²) >= 11 is 5.82. The van der Waals surface area contributed by atoms with E-state index >= 15 is 0 Å². The lowest BCUT2D eigenvalue weighted by molar-refractivity contribution is -0.143. The number of fused-ring (bicyclic) bond motifs is 1. The van der Waals surface area contributed by atoms with Crippen molar-refractivity contribution in [2.24, 2.45) is 0 Å². The average Bonchev–Trinajstić information content (AvgIpc) is 2.56. The Bertz CT molecular complexity index is 613. The zero-order valence-electron chi connectivity index (χ0n) is 9.10. The Morgan fingerprint density at radius 1 is 1.53 bits per heavy atom. The van der Waals surface area contributed by atoms with Crippen molar-refractivity contribution in [1.29, 1.82) is 0 Å². The van der Waals surface area contributed by atoms with E-state index in [0.717, 1.165) is 0 Å². The first-order valence-electron chi connectivity index (χ1n) is 5.06. The number of aromatic nitrogens is 1. The maximum atomic E-state index is 11.5. The molecule has 17 heavy (non-hydrogen) atoms. The first kappa shape index (κ1) is 11.7. The second-order valence-electron chi connectivity index (χ2n) is 3.37. The van der Waals surface area contributed by atoms with Crippen molar-refractivity contribution >= 4 is 28.7 Å². The molecule has 90 valence electrons. The molecular formula is C11H10ClNO4. The molecule has 0 radical (unpaired) electrons. The summed E-state index contributed by atoms with van der Waals surface area (Å²) in [5, 5.41) is 0.468. The van der Waals surface area contributed by atoms with Gasteiger partial charge in [-0.2, -0.15) is 0 Å². The third kappa shape index (κ3) is 2.34. The van der Waals surface area contributed by atoms with Crippen LogP contribution in [0.5, 0.6) is 0 Å². The molecule has 0 bridgehead atoms. The van der Waals surface area contributed by atoms with Crippen LogP contribution >= 0.6 is 11.6 Å². The van der Waals surface area contributed by atoms with Crippen molar-refractivity contribution in [3.05, 3.63) is 33.8 Å². The molecule has 0 saturated heterocycles. The molecule has 0 atom stereocenters. The van der Waals surface area contributed by atoms with Gasteiger partial charge in [0.15, 0.2) is 5.58 Å². The summed E-state index contributed by atoms with van der Waals surface area (Å²) in [5.41, 5.74) is 0.874. The molecule has 0 aliphatic rings. The van der Waals surface area contributed by atoms with E-state index in [1.165, 1.54) is 4.57 Å². The van der Waals surface area contributed by atoms with E-state index in [-0.39, 0.29) is 13.2 Å². The number of hydrogen-bond donors (Lipinski definition) is 0. The van der Waals surface area contributed by atoms with Crippen molar-refractivity contribution in [2.75, 3.05) is 6.61 Å². The maximum absolute atomic E-state index is 11.5. The molecular weight excluding hydrogens is 246 g/mol. The van der Waals surface area contributed by atoms with Crippen LogP contribution in [0.1, 0.15) is 6.92 Å². The lowest BCUT2D eigenvalue weighted by atomic mass is 10.3. The number of hydrogen-bond acceptors (Lipinski definition) is 4. The molecule has 0 aliphatic carbocycles. The summed E-state index contributed by atoms with van der Waals surface area (Å²) in [7, 11) is 0. The summed E-state index contributed by atoms with van der Waals surface area (Å²) in [6.07, 6.45) is 0. The highest BCUT2D eigenvalue weighted by molar-refractivity contribution is 6.31. The van der Waals surface area contributed by atoms with E-state index in [4.69, 9.17) is 20.8 Å². The van der Waals surface area contributed by atoms with Gasteiger partial charge in [0.1, 0.15) is 6.54 Å². The molecule has 1 aromatic heterocycles. The second-order valence-corrected chi connectivity index (χ2v) is 3.81. The van der Waals surface area contributed by atoms with Gasteiger partial charge in [0.2, 0.25) is 0 Å². The number of carbonyl (C=O) groups is 1. The topological polar surface area (TPSA) is 61.4 Å². The number of ether oxygens (including phenoxy) is 1. The van der Waals surface area contributed by atoms with E-state index in [1.807, 2.05) is 0 Å². The zero-order chi connectivity index (χ0) is 12.4. The fourth-order valence-corrected chi connectivity index (χ4v) is 1.69. The Morgan fingerprint density at radius 2 is 2.29 bits per heavy atom. The van der Waals surface area contributed by atoms with Gasteiger partial charge in [-0.3, -0.25) is 9.36 Å². The number of carbonyl (C=O) groups excluding carboxylic acids is 1. The smallest absolute Gasteiger partial charge is 0.420 e. The highest BCUT2D eigenvalue weighted by Gasteiger charge is 2.13. The second kappa shape index (κ2) is 4.63. The Labute approximate surface area is 102 Å². The van der Waals surface area contributed by atoms with Gasteiger partial charge in [-0.05, 0) is 25.1 Å². The summed E-state index contributed by atoms with van der Waals surface area (Å²) in [5.74, 6) is -1.09. The molecule has 2 aromatic rings. The van der Waals surface area contributed by atoms with Crippen molar-refractivity contribution in [3.8, 4) is 0 Å². The molecule has 0 amide bonds. The standard InChI is InChI=1S/C11H10ClNO4/c1-2-16-10(14)6-13-8-5-7(12)3-4-9(8)17-11(13)15/h3-5H,2,6H2,1H3. The third-order valence-corrected chi connectivity index (χ3v) is 2.46. The average molecular weight is 256 g/mol. The van der Waals surface area contributed by atoms with E-state index in [9.17, 15) is 9.59 Å². The van der Waals surface area contributed by atoms with Crippen LogP contribution in [0.4, 0.5) is 0 Å². The number of benzene rings is 1. The summed E-state index contributed by atoms with van der Waals surface area (Å²) in [6.45, 7) is 1.79. The van der Waals surface area contributed by atoms with E-state index in [2.05, 4.69) is 0 Å². The van der Waals surface area contributed by atoms with Gasteiger partial charge >= 0.3 is 11.7 Å². The zero-order valence-corrected chi connectivity index (χ0v) is 9.86. The minimum Gasteiger partial charge on any atom is -0.465 e. The minimum atomic E-state index is -0.602. The number of rotatable bonds is 3. The van der Waals surface area contributed by atoms with Crippen LogP contribution in [-0.4, -0.2) is 17.1 Å². The van der Waals surface area contributed by atoms with Gasteiger partial charge in [0, 0.05) is 5.02 Å². The van der Waals surface area contributed by atoms with Gasteiger partial charge in [0.25, 0.3) is 0 Å². The molecule has 1 heterocycles. The van der Waals surface area contributed by atoms with Gasteiger partial charge in [-0.1, -0.05) is 11.6 Å². The van der Waals surface area contributed by atoms with Gasteiger partial charge in [-0.25, -0.2) is 4.79 Å². The molecule has 0 spiro atoms. The van der Waals surface area contributed by atoms with Crippen molar-refractivity contribution in [3.63, 3.8) is 0 Å². The Hall–Kier alpha value is -1.75. The SMILES string of the molecule is CCOC(=O)Cn1c(=O)oc2ccc(Cl)cc21. The van der Waals surface area contributed by atoms with Gasteiger partial charge in [0.05, 0.1) is 12.1 Å². The summed E-state index contributed by atoms with van der Waals surface area (Å²) < 4.78 is 10.9. The number of halogens is 1. The summed E-state index contributed by atoms with van der Waals surface area (Å²) in [4.78, 5) is 22.9. The quantitative estimate of drug-likeness (QED) is 0.785. The summed E-state index contributed by atoms with van der Waals surface area (Å²) in [6, 6.07) is 4.77.